The summed E-state index contributed by atoms with van der Waals surface area (Å²) in [4.78, 5) is 0. The van der Waals surface area contributed by atoms with Crippen molar-refractivity contribution in [3.63, 3.8) is 0 Å². The van der Waals surface area contributed by atoms with Crippen molar-refractivity contribution in [2.45, 2.75) is 44.9 Å². The highest BCUT2D eigenvalue weighted by Crippen LogP contribution is 2.47. The van der Waals surface area contributed by atoms with Crippen LogP contribution in [0.3, 0.4) is 0 Å². The van der Waals surface area contributed by atoms with E-state index in [-0.39, 0.29) is 0 Å². The van der Waals surface area contributed by atoms with E-state index >= 15 is 0 Å². The summed E-state index contributed by atoms with van der Waals surface area (Å²) in [6.07, 6.45) is 17.6. The van der Waals surface area contributed by atoms with Crippen molar-refractivity contribution in [1.82, 2.24) is 0 Å². The summed E-state index contributed by atoms with van der Waals surface area (Å²) >= 11 is 0. The predicted octanol–water partition coefficient (Wildman–Crippen LogP) is 4.40. The smallest absolute Gasteiger partial charge is 0.0127 e. The lowest BCUT2D eigenvalue weighted by molar-refractivity contribution is 0.935. The summed E-state index contributed by atoms with van der Waals surface area (Å²) in [5.41, 5.74) is 5.10. The molecule has 0 bridgehead atoms. The van der Waals surface area contributed by atoms with Gasteiger partial charge in [-0.25, -0.2) is 0 Å². The van der Waals surface area contributed by atoms with E-state index < -0.39 is 0 Å². The van der Waals surface area contributed by atoms with Crippen LogP contribution in [0.25, 0.3) is 0 Å². The van der Waals surface area contributed by atoms with Gasteiger partial charge in [0, 0.05) is 0 Å². The largest absolute Gasteiger partial charge is 0.0769 e. The lowest BCUT2D eigenvalue weighted by Crippen LogP contribution is -1.87. The Balaban J connectivity index is 1.66. The highest BCUT2D eigenvalue weighted by Gasteiger charge is 2.32. The molecular formula is C16H20. The molecule has 0 heterocycles. The van der Waals surface area contributed by atoms with Gasteiger partial charge in [0.25, 0.3) is 0 Å². The Hall–Kier alpha value is -0.780. The van der Waals surface area contributed by atoms with E-state index in [9.17, 15) is 0 Å². The topological polar surface area (TPSA) is 0 Å². The maximum atomic E-state index is 2.57. The predicted molar refractivity (Wildman–Crippen MR) is 67.0 cm³/mol. The first-order chi connectivity index (χ1) is 7.90. The molecule has 0 N–H and O–H groups in total. The van der Waals surface area contributed by atoms with Gasteiger partial charge in [-0.15, -0.1) is 0 Å². The van der Waals surface area contributed by atoms with Crippen LogP contribution in [0.15, 0.2) is 34.9 Å². The van der Waals surface area contributed by atoms with Crippen molar-refractivity contribution in [1.29, 1.82) is 0 Å². The molecule has 4 aliphatic carbocycles. The molecular weight excluding hydrogens is 192 g/mol. The van der Waals surface area contributed by atoms with Crippen LogP contribution in [-0.2, 0) is 0 Å². The lowest BCUT2D eigenvalue weighted by atomic mass is 10.0. The molecule has 0 aromatic rings. The van der Waals surface area contributed by atoms with Gasteiger partial charge < -0.3 is 0 Å². The monoisotopic (exact) mass is 212 g/mol. The highest BCUT2D eigenvalue weighted by molar-refractivity contribution is 5.43. The van der Waals surface area contributed by atoms with Crippen LogP contribution in [0.4, 0.5) is 0 Å². The highest BCUT2D eigenvalue weighted by atomic mass is 14.4. The normalized spacial score (nSPS) is 30.4. The molecule has 0 amide bonds. The first kappa shape index (κ1) is 9.27. The van der Waals surface area contributed by atoms with Crippen LogP contribution in [0, 0.1) is 17.8 Å². The molecule has 16 heavy (non-hydrogen) atoms. The first-order valence-electron chi connectivity index (χ1n) is 7.02. The van der Waals surface area contributed by atoms with Crippen LogP contribution in [-0.4, -0.2) is 0 Å². The van der Waals surface area contributed by atoms with E-state index in [0.717, 1.165) is 17.8 Å². The third-order valence-corrected chi connectivity index (χ3v) is 4.46. The second-order valence-corrected chi connectivity index (χ2v) is 6.09. The second kappa shape index (κ2) is 3.35. The lowest BCUT2D eigenvalue weighted by Gasteiger charge is -2.02. The van der Waals surface area contributed by atoms with Gasteiger partial charge in [-0.3, -0.25) is 0 Å². The van der Waals surface area contributed by atoms with Gasteiger partial charge in [0.05, 0.1) is 0 Å². The SMILES string of the molecule is C1=C(C2CC2)C=C(C2CC2)C=C(C2CC2)C1. The third-order valence-electron chi connectivity index (χ3n) is 4.46. The average Bonchev–Trinajstić information content (AvgIpc) is 3.22. The van der Waals surface area contributed by atoms with E-state index in [1.807, 2.05) is 0 Å². The quantitative estimate of drug-likeness (QED) is 0.650. The maximum Gasteiger partial charge on any atom is -0.0127 e. The van der Waals surface area contributed by atoms with E-state index in [1.54, 1.807) is 16.7 Å². The molecule has 3 saturated carbocycles. The Morgan fingerprint density at radius 3 is 1.94 bits per heavy atom. The molecule has 0 unspecified atom stereocenters. The van der Waals surface area contributed by atoms with E-state index in [4.69, 9.17) is 0 Å². The van der Waals surface area contributed by atoms with Gasteiger partial charge in [-0.2, -0.15) is 0 Å². The van der Waals surface area contributed by atoms with Gasteiger partial charge in [-0.05, 0) is 73.8 Å². The number of rotatable bonds is 3. The molecule has 0 heteroatoms. The van der Waals surface area contributed by atoms with Crippen molar-refractivity contribution in [2.75, 3.05) is 0 Å². The van der Waals surface area contributed by atoms with Crippen molar-refractivity contribution < 1.29 is 0 Å². The molecule has 0 atom stereocenters. The summed E-state index contributed by atoms with van der Waals surface area (Å²) in [5.74, 6) is 2.81. The maximum absolute atomic E-state index is 2.57. The summed E-state index contributed by atoms with van der Waals surface area (Å²) < 4.78 is 0. The average molecular weight is 212 g/mol. The fraction of sp³-hybridized carbons (Fsp3) is 0.625. The number of hydrogen-bond donors (Lipinski definition) is 0. The Bertz CT molecular complexity index is 396. The van der Waals surface area contributed by atoms with Crippen molar-refractivity contribution in [3.8, 4) is 0 Å². The van der Waals surface area contributed by atoms with Crippen LogP contribution >= 0.6 is 0 Å². The van der Waals surface area contributed by atoms with E-state index in [1.165, 1.54) is 44.9 Å². The summed E-state index contributed by atoms with van der Waals surface area (Å²) in [6, 6.07) is 0. The molecule has 84 valence electrons. The Morgan fingerprint density at radius 2 is 1.31 bits per heavy atom. The van der Waals surface area contributed by atoms with Crippen LogP contribution in [0.1, 0.15) is 44.9 Å². The summed E-state index contributed by atoms with van der Waals surface area (Å²) in [5, 5.41) is 0. The minimum Gasteiger partial charge on any atom is -0.0769 e. The molecule has 0 nitrogen and oxygen atoms in total. The Kier molecular flexibility index (Phi) is 1.94. The minimum atomic E-state index is 0.925. The number of hydrogen-bond acceptors (Lipinski definition) is 0. The van der Waals surface area contributed by atoms with Crippen molar-refractivity contribution >= 4 is 0 Å². The van der Waals surface area contributed by atoms with E-state index in [0.29, 0.717) is 0 Å². The van der Waals surface area contributed by atoms with Gasteiger partial charge in [-0.1, -0.05) is 23.8 Å². The van der Waals surface area contributed by atoms with Gasteiger partial charge in [0.2, 0.25) is 0 Å². The van der Waals surface area contributed by atoms with Crippen LogP contribution < -0.4 is 0 Å². The molecule has 0 aliphatic heterocycles. The third kappa shape index (κ3) is 1.79. The van der Waals surface area contributed by atoms with Crippen molar-refractivity contribution in [3.05, 3.63) is 34.9 Å². The zero-order valence-electron chi connectivity index (χ0n) is 9.91. The first-order valence-corrected chi connectivity index (χ1v) is 7.02. The number of allylic oxidation sites excluding steroid dienone is 6. The zero-order valence-corrected chi connectivity index (χ0v) is 9.91. The van der Waals surface area contributed by atoms with Crippen LogP contribution in [0.5, 0.6) is 0 Å². The molecule has 0 saturated heterocycles. The van der Waals surface area contributed by atoms with Gasteiger partial charge >= 0.3 is 0 Å². The Morgan fingerprint density at radius 1 is 0.688 bits per heavy atom. The zero-order chi connectivity index (χ0) is 10.5. The molecule has 0 aromatic carbocycles. The standard InChI is InChI=1S/C16H20/c1-2-11(1)14-7-8-15(12-3-4-12)10-16(9-14)13-5-6-13/h7,9-13H,1-6,8H2. The Labute approximate surface area is 98.1 Å². The van der Waals surface area contributed by atoms with Gasteiger partial charge in [0.15, 0.2) is 0 Å². The molecule has 4 rings (SSSR count). The summed E-state index contributed by atoms with van der Waals surface area (Å²) in [6.45, 7) is 0. The van der Waals surface area contributed by atoms with Crippen molar-refractivity contribution in [2.24, 2.45) is 17.8 Å². The molecule has 4 aliphatic rings. The van der Waals surface area contributed by atoms with E-state index in [2.05, 4.69) is 18.2 Å². The minimum absolute atomic E-state index is 0.925. The van der Waals surface area contributed by atoms with Gasteiger partial charge in [0.1, 0.15) is 0 Å². The fourth-order valence-corrected chi connectivity index (χ4v) is 2.89. The molecule has 0 aromatic heterocycles. The fourth-order valence-electron chi connectivity index (χ4n) is 2.89. The molecule has 3 fully saturated rings. The molecule has 0 radical (unpaired) electrons. The van der Waals surface area contributed by atoms with Crippen LogP contribution in [0.2, 0.25) is 0 Å². The summed E-state index contributed by atoms with van der Waals surface area (Å²) in [7, 11) is 0. The second-order valence-electron chi connectivity index (χ2n) is 6.09. The molecule has 0 spiro atoms.